The fourth-order valence-electron chi connectivity index (χ4n) is 4.90. The van der Waals surface area contributed by atoms with Gasteiger partial charge in [0, 0.05) is 24.4 Å². The van der Waals surface area contributed by atoms with Crippen LogP contribution in [0.15, 0.2) is 66.0 Å². The number of aliphatic hydroxyl groups is 1. The summed E-state index contributed by atoms with van der Waals surface area (Å²) in [5.74, 6) is -0.296. The monoisotopic (exact) mass is 623 g/mol. The number of carbonyl (C=O) groups excluding carboxylic acids is 2. The van der Waals surface area contributed by atoms with E-state index in [0.29, 0.717) is 18.9 Å². The lowest BCUT2D eigenvalue weighted by molar-refractivity contribution is -0.124. The number of carboxylic acid groups (broad SMARTS) is 1. The maximum Gasteiger partial charge on any atom is 0.404 e. The summed E-state index contributed by atoms with van der Waals surface area (Å²) in [5.41, 5.74) is 2.61. The molecule has 1 heterocycles. The van der Waals surface area contributed by atoms with Gasteiger partial charge in [0.2, 0.25) is 5.91 Å². The lowest BCUT2D eigenvalue weighted by atomic mass is 9.93. The summed E-state index contributed by atoms with van der Waals surface area (Å²) in [6.07, 6.45) is -1.53. The summed E-state index contributed by atoms with van der Waals surface area (Å²) in [4.78, 5) is 44.5. The second-order valence-electron chi connectivity index (χ2n) is 11.8. The number of hydrogen-bond acceptors (Lipinski definition) is 6. The molecule has 0 aliphatic rings. The van der Waals surface area contributed by atoms with Crippen molar-refractivity contribution in [2.75, 3.05) is 7.05 Å². The average Bonchev–Trinajstić information content (AvgIpc) is 3.45. The normalized spacial score (nSPS) is 14.0. The molecule has 0 aliphatic carbocycles. The molecule has 0 bridgehead atoms. The zero-order valence-electron chi connectivity index (χ0n) is 26.1. The number of nitrogens with one attached hydrogen (secondary N) is 3. The quantitative estimate of drug-likeness (QED) is 0.165. The van der Waals surface area contributed by atoms with Crippen LogP contribution in [-0.4, -0.2) is 69.4 Å². The topological polar surface area (TPSA) is 144 Å². The van der Waals surface area contributed by atoms with E-state index in [-0.39, 0.29) is 24.7 Å². The Morgan fingerprint density at radius 1 is 0.886 bits per heavy atom. The van der Waals surface area contributed by atoms with E-state index in [9.17, 15) is 24.6 Å². The fraction of sp³-hybridized carbons (Fsp3) is 0.455. The smallest absolute Gasteiger partial charge is 0.404 e. The molecule has 238 valence electrons. The third kappa shape index (κ3) is 10.9. The van der Waals surface area contributed by atoms with Gasteiger partial charge in [-0.2, -0.15) is 0 Å². The number of hydrogen-bond donors (Lipinski definition) is 5. The minimum absolute atomic E-state index is 0.0963. The number of benzene rings is 2. The van der Waals surface area contributed by atoms with Crippen molar-refractivity contribution in [2.45, 2.75) is 83.6 Å². The Hall–Kier alpha value is -3.96. The van der Waals surface area contributed by atoms with Crippen molar-refractivity contribution in [3.05, 3.63) is 87.9 Å². The first kappa shape index (κ1) is 34.5. The van der Waals surface area contributed by atoms with E-state index in [1.165, 1.54) is 4.90 Å². The van der Waals surface area contributed by atoms with E-state index in [1.807, 2.05) is 79.9 Å². The summed E-state index contributed by atoms with van der Waals surface area (Å²) in [7, 11) is 1.66. The van der Waals surface area contributed by atoms with E-state index in [2.05, 4.69) is 34.8 Å². The maximum atomic E-state index is 13.7. The van der Waals surface area contributed by atoms with Crippen LogP contribution in [0.2, 0.25) is 0 Å². The highest BCUT2D eigenvalue weighted by molar-refractivity contribution is 7.09. The van der Waals surface area contributed by atoms with Crippen molar-refractivity contribution in [1.82, 2.24) is 25.8 Å². The number of amides is 4. The van der Waals surface area contributed by atoms with Gasteiger partial charge in [0.1, 0.15) is 6.04 Å². The summed E-state index contributed by atoms with van der Waals surface area (Å²) >= 11 is 1.56. The minimum atomic E-state index is -1.24. The van der Waals surface area contributed by atoms with Crippen molar-refractivity contribution in [3.8, 4) is 0 Å². The standard InChI is InChI=1S/C33H45N5O5S/c1-21(2)29(37-32(41)38(5)19-26-20-44-31(35-26)22(3)4)30(40)34-25(16-23-12-8-6-9-13-23)18-28(39)27(36-33(42)43)17-24-14-10-7-11-15-24/h6-15,20-22,25,27-29,36,39H,16-19H2,1-5H3,(H,34,40)(H,37,41)(H,42,43)/t25-,27-,28-,29+/m1/s1. The van der Waals surface area contributed by atoms with E-state index < -0.39 is 36.4 Å². The van der Waals surface area contributed by atoms with Crippen molar-refractivity contribution >= 4 is 29.4 Å². The highest BCUT2D eigenvalue weighted by atomic mass is 32.1. The minimum Gasteiger partial charge on any atom is -0.465 e. The third-order valence-electron chi connectivity index (χ3n) is 7.31. The molecule has 4 amide bonds. The zero-order chi connectivity index (χ0) is 32.2. The molecule has 0 fully saturated rings. The SMILES string of the molecule is CC(C)c1nc(CN(C)C(=O)N[C@H](C(=O)N[C@H](Cc2ccccc2)C[C@@H](O)[C@@H](Cc2ccccc2)NC(=O)O)C(C)C)cs1. The first-order valence-electron chi connectivity index (χ1n) is 14.9. The number of carbonyl (C=O) groups is 3. The van der Waals surface area contributed by atoms with Gasteiger partial charge in [-0.15, -0.1) is 11.3 Å². The summed E-state index contributed by atoms with van der Waals surface area (Å²) < 4.78 is 0. The van der Waals surface area contributed by atoms with E-state index >= 15 is 0 Å². The number of nitrogens with zero attached hydrogens (tertiary/aromatic N) is 2. The molecule has 11 heteroatoms. The molecule has 0 saturated heterocycles. The Bertz CT molecular complexity index is 1330. The van der Waals surface area contributed by atoms with Crippen LogP contribution in [-0.2, 0) is 24.2 Å². The third-order valence-corrected chi connectivity index (χ3v) is 8.50. The van der Waals surface area contributed by atoms with Crippen LogP contribution in [0.5, 0.6) is 0 Å². The highest BCUT2D eigenvalue weighted by Gasteiger charge is 2.30. The van der Waals surface area contributed by atoms with Gasteiger partial charge in [0.05, 0.1) is 29.4 Å². The second-order valence-corrected chi connectivity index (χ2v) is 12.7. The van der Waals surface area contributed by atoms with Crippen molar-refractivity contribution in [2.24, 2.45) is 5.92 Å². The summed E-state index contributed by atoms with van der Waals surface area (Å²) in [6.45, 7) is 8.16. The molecule has 0 saturated carbocycles. The van der Waals surface area contributed by atoms with Crippen molar-refractivity contribution in [1.29, 1.82) is 0 Å². The van der Waals surface area contributed by atoms with Crippen LogP contribution in [0.25, 0.3) is 0 Å². The van der Waals surface area contributed by atoms with Crippen molar-refractivity contribution in [3.63, 3.8) is 0 Å². The number of urea groups is 1. The van der Waals surface area contributed by atoms with Crippen LogP contribution >= 0.6 is 11.3 Å². The van der Waals surface area contributed by atoms with Crippen molar-refractivity contribution < 1.29 is 24.6 Å². The Kier molecular flexibility index (Phi) is 13.2. The first-order chi connectivity index (χ1) is 20.9. The summed E-state index contributed by atoms with van der Waals surface area (Å²) in [5, 5.41) is 32.0. The molecule has 44 heavy (non-hydrogen) atoms. The Morgan fingerprint density at radius 2 is 1.48 bits per heavy atom. The van der Waals surface area contributed by atoms with Crippen LogP contribution in [0, 0.1) is 5.92 Å². The van der Waals surface area contributed by atoms with E-state index in [0.717, 1.165) is 21.8 Å². The number of thiazole rings is 1. The van der Waals surface area contributed by atoms with Crippen LogP contribution < -0.4 is 16.0 Å². The average molecular weight is 624 g/mol. The van der Waals surface area contributed by atoms with E-state index in [4.69, 9.17) is 0 Å². The molecule has 10 nitrogen and oxygen atoms in total. The number of rotatable bonds is 15. The lowest BCUT2D eigenvalue weighted by Crippen LogP contribution is -2.55. The van der Waals surface area contributed by atoms with Gasteiger partial charge in [-0.3, -0.25) is 4.79 Å². The molecule has 0 aliphatic heterocycles. The molecule has 3 rings (SSSR count). The molecule has 5 N–H and O–H groups in total. The number of aromatic nitrogens is 1. The van der Waals surface area contributed by atoms with Crippen LogP contribution in [0.4, 0.5) is 9.59 Å². The first-order valence-corrected chi connectivity index (χ1v) is 15.8. The maximum absolute atomic E-state index is 13.7. The largest absolute Gasteiger partial charge is 0.465 e. The predicted molar refractivity (Wildman–Crippen MR) is 173 cm³/mol. The fourth-order valence-corrected chi connectivity index (χ4v) is 5.73. The summed E-state index contributed by atoms with van der Waals surface area (Å²) in [6, 6.07) is 16.3. The van der Waals surface area contributed by atoms with Crippen LogP contribution in [0.1, 0.15) is 61.9 Å². The van der Waals surface area contributed by atoms with Gasteiger partial charge in [-0.1, -0.05) is 88.4 Å². The highest BCUT2D eigenvalue weighted by Crippen LogP contribution is 2.20. The molecular formula is C33H45N5O5S. The molecular weight excluding hydrogens is 578 g/mol. The molecule has 1 aromatic heterocycles. The Labute approximate surface area is 263 Å². The molecule has 4 atom stereocenters. The second kappa shape index (κ2) is 16.8. The molecule has 0 unspecified atom stereocenters. The number of aliphatic hydroxyl groups excluding tert-OH is 1. The van der Waals surface area contributed by atoms with Crippen LogP contribution in [0.3, 0.4) is 0 Å². The molecule has 0 spiro atoms. The van der Waals surface area contributed by atoms with Gasteiger partial charge >= 0.3 is 12.1 Å². The Morgan fingerprint density at radius 3 is 2.00 bits per heavy atom. The lowest BCUT2D eigenvalue weighted by Gasteiger charge is -2.30. The van der Waals surface area contributed by atoms with Gasteiger partial charge in [0.25, 0.3) is 0 Å². The molecule has 3 aromatic rings. The molecule has 0 radical (unpaired) electrons. The van der Waals surface area contributed by atoms with Gasteiger partial charge < -0.3 is 31.1 Å². The zero-order valence-corrected chi connectivity index (χ0v) is 26.9. The van der Waals surface area contributed by atoms with Gasteiger partial charge in [-0.25, -0.2) is 14.6 Å². The predicted octanol–water partition coefficient (Wildman–Crippen LogP) is 4.79. The Balaban J connectivity index is 1.73. The van der Waals surface area contributed by atoms with Gasteiger partial charge in [-0.05, 0) is 36.3 Å². The van der Waals surface area contributed by atoms with E-state index in [1.54, 1.807) is 18.4 Å². The molecule has 2 aromatic carbocycles. The van der Waals surface area contributed by atoms with Gasteiger partial charge in [0.15, 0.2) is 0 Å².